The third-order valence-corrected chi connectivity index (χ3v) is 7.61. The van der Waals surface area contributed by atoms with E-state index in [4.69, 9.17) is 0 Å². The molecule has 3 aromatic rings. The van der Waals surface area contributed by atoms with Crippen molar-refractivity contribution in [2.75, 3.05) is 20.1 Å². The van der Waals surface area contributed by atoms with Crippen LogP contribution in [0.15, 0.2) is 41.4 Å². The highest BCUT2D eigenvalue weighted by Crippen LogP contribution is 2.60. The number of piperidine rings is 1. The number of benzene rings is 1. The van der Waals surface area contributed by atoms with Gasteiger partial charge in [-0.1, -0.05) is 18.2 Å². The molecular formula is C23H28N4OS. The molecule has 29 heavy (non-hydrogen) atoms. The molecule has 6 heteroatoms. The molecule has 1 amide bonds. The topological polar surface area (TPSA) is 41.4 Å². The third-order valence-electron chi connectivity index (χ3n) is 6.97. The van der Waals surface area contributed by atoms with E-state index in [0.717, 1.165) is 44.6 Å². The van der Waals surface area contributed by atoms with Crippen LogP contribution in [0.25, 0.3) is 10.9 Å². The zero-order chi connectivity index (χ0) is 20.0. The minimum absolute atomic E-state index is 0.214. The summed E-state index contributed by atoms with van der Waals surface area (Å²) in [5.74, 6) is 0.520. The van der Waals surface area contributed by atoms with Gasteiger partial charge in [0, 0.05) is 49.0 Å². The summed E-state index contributed by atoms with van der Waals surface area (Å²) >= 11 is 1.59. The zero-order valence-electron chi connectivity index (χ0n) is 17.2. The van der Waals surface area contributed by atoms with Gasteiger partial charge < -0.3 is 9.47 Å². The fourth-order valence-corrected chi connectivity index (χ4v) is 5.65. The number of fused-ring (bicyclic) bond motifs is 1. The van der Waals surface area contributed by atoms with Gasteiger partial charge in [-0.05, 0) is 49.4 Å². The van der Waals surface area contributed by atoms with Crippen LogP contribution in [0.2, 0.25) is 0 Å². The lowest BCUT2D eigenvalue weighted by atomic mass is 9.90. The Morgan fingerprint density at radius 1 is 1.31 bits per heavy atom. The highest BCUT2D eigenvalue weighted by atomic mass is 32.1. The second-order valence-electron chi connectivity index (χ2n) is 8.85. The molecule has 0 bridgehead atoms. The average molecular weight is 409 g/mol. The van der Waals surface area contributed by atoms with Gasteiger partial charge in [0.2, 0.25) is 5.91 Å². The minimum Gasteiger partial charge on any atom is -0.350 e. The maximum Gasteiger partial charge on any atom is 0.226 e. The van der Waals surface area contributed by atoms with Crippen molar-refractivity contribution in [3.05, 3.63) is 52.6 Å². The van der Waals surface area contributed by atoms with Crippen LogP contribution in [0.4, 0.5) is 0 Å². The van der Waals surface area contributed by atoms with Crippen molar-refractivity contribution in [1.82, 2.24) is 19.4 Å². The summed E-state index contributed by atoms with van der Waals surface area (Å²) in [6.07, 6.45) is 5.61. The number of rotatable bonds is 5. The van der Waals surface area contributed by atoms with E-state index in [1.54, 1.807) is 11.3 Å². The normalized spacial score (nSPS) is 21.0. The van der Waals surface area contributed by atoms with E-state index in [1.807, 2.05) is 22.8 Å². The van der Waals surface area contributed by atoms with Crippen LogP contribution < -0.4 is 0 Å². The first-order valence-corrected chi connectivity index (χ1v) is 11.4. The van der Waals surface area contributed by atoms with Gasteiger partial charge in [0.25, 0.3) is 0 Å². The highest BCUT2D eigenvalue weighted by molar-refractivity contribution is 7.07. The molecule has 3 heterocycles. The van der Waals surface area contributed by atoms with Crippen molar-refractivity contribution >= 4 is 28.1 Å². The largest absolute Gasteiger partial charge is 0.350 e. The number of carbonyl (C=O) groups excluding carboxylic acids is 1. The van der Waals surface area contributed by atoms with Crippen LogP contribution in [-0.4, -0.2) is 45.4 Å². The molecule has 1 saturated carbocycles. The maximum absolute atomic E-state index is 12.9. The number of thiazole rings is 1. The Labute approximate surface area is 175 Å². The Hall–Kier alpha value is -2.18. The van der Waals surface area contributed by atoms with Gasteiger partial charge >= 0.3 is 0 Å². The molecule has 2 fully saturated rings. The Balaban J connectivity index is 1.18. The van der Waals surface area contributed by atoms with Gasteiger partial charge in [-0.2, -0.15) is 0 Å². The third kappa shape index (κ3) is 3.49. The van der Waals surface area contributed by atoms with E-state index in [0.29, 0.717) is 12.5 Å². The SMILES string of the molecule is CN(Cc1cscn1)C(=O)[C@H]1CC12CCN(Cc1cn(C)c3ccccc13)CC2. The average Bonchev–Trinajstić information content (AvgIpc) is 3.03. The molecule has 0 unspecified atom stereocenters. The summed E-state index contributed by atoms with van der Waals surface area (Å²) in [6.45, 7) is 3.80. The van der Waals surface area contributed by atoms with Gasteiger partial charge in [-0.25, -0.2) is 4.98 Å². The van der Waals surface area contributed by atoms with E-state index in [2.05, 4.69) is 52.0 Å². The zero-order valence-corrected chi connectivity index (χ0v) is 18.0. The summed E-state index contributed by atoms with van der Waals surface area (Å²) in [4.78, 5) is 21.7. The molecule has 2 aliphatic rings. The molecule has 152 valence electrons. The molecule has 1 aliphatic heterocycles. The first-order chi connectivity index (χ1) is 14.1. The van der Waals surface area contributed by atoms with Crippen LogP contribution in [0.5, 0.6) is 0 Å². The first-order valence-electron chi connectivity index (χ1n) is 10.4. The van der Waals surface area contributed by atoms with Gasteiger partial charge in [0.15, 0.2) is 0 Å². The standard InChI is InChI=1S/C23H28N4OS/c1-25-12-17(19-5-3-4-6-21(19)25)13-27-9-7-23(8-10-27)11-20(23)22(28)26(2)14-18-15-29-16-24-18/h3-6,12,15-16,20H,7-11,13-14H2,1-2H3/t20-/m1/s1. The Morgan fingerprint density at radius 3 is 2.86 bits per heavy atom. The van der Waals surface area contributed by atoms with Crippen molar-refractivity contribution in [3.8, 4) is 0 Å². The second kappa shape index (κ2) is 7.26. The van der Waals surface area contributed by atoms with Crippen molar-refractivity contribution in [3.63, 3.8) is 0 Å². The molecule has 0 N–H and O–H groups in total. The van der Waals surface area contributed by atoms with Crippen LogP contribution in [-0.2, 0) is 24.9 Å². The van der Waals surface area contributed by atoms with Crippen molar-refractivity contribution < 1.29 is 4.79 Å². The summed E-state index contributed by atoms with van der Waals surface area (Å²) < 4.78 is 2.23. The van der Waals surface area contributed by atoms with E-state index in [-0.39, 0.29) is 11.3 Å². The number of hydrogen-bond acceptors (Lipinski definition) is 4. The van der Waals surface area contributed by atoms with Gasteiger partial charge in [0.05, 0.1) is 17.7 Å². The molecule has 1 spiro atoms. The number of aryl methyl sites for hydroxylation is 1. The van der Waals surface area contributed by atoms with Gasteiger partial charge in [0.1, 0.15) is 0 Å². The summed E-state index contributed by atoms with van der Waals surface area (Å²) in [5, 5.41) is 3.39. The van der Waals surface area contributed by atoms with E-state index in [1.165, 1.54) is 16.5 Å². The second-order valence-corrected chi connectivity index (χ2v) is 9.57. The molecular weight excluding hydrogens is 380 g/mol. The Morgan fingerprint density at radius 2 is 2.10 bits per heavy atom. The molecule has 1 saturated heterocycles. The quantitative estimate of drug-likeness (QED) is 0.643. The molecule has 1 aliphatic carbocycles. The lowest BCUT2D eigenvalue weighted by Gasteiger charge is -2.33. The predicted molar refractivity (Wildman–Crippen MR) is 117 cm³/mol. The van der Waals surface area contributed by atoms with Gasteiger partial charge in [-0.15, -0.1) is 11.3 Å². The number of amides is 1. The smallest absolute Gasteiger partial charge is 0.226 e. The lowest BCUT2D eigenvalue weighted by Crippen LogP contribution is -2.37. The fraction of sp³-hybridized carbons (Fsp3) is 0.478. The summed E-state index contributed by atoms with van der Waals surface area (Å²) in [5.41, 5.74) is 5.78. The van der Waals surface area contributed by atoms with E-state index >= 15 is 0 Å². The molecule has 1 aromatic carbocycles. The monoisotopic (exact) mass is 408 g/mol. The van der Waals surface area contributed by atoms with E-state index < -0.39 is 0 Å². The molecule has 5 rings (SSSR count). The Bertz CT molecular complexity index is 1020. The van der Waals surface area contributed by atoms with Gasteiger partial charge in [-0.3, -0.25) is 9.69 Å². The first kappa shape index (κ1) is 18.8. The molecule has 0 radical (unpaired) electrons. The van der Waals surface area contributed by atoms with Crippen molar-refractivity contribution in [2.45, 2.75) is 32.4 Å². The minimum atomic E-state index is 0.214. The number of likely N-dealkylation sites (tertiary alicyclic amines) is 1. The Kier molecular flexibility index (Phi) is 4.71. The number of para-hydroxylation sites is 1. The highest BCUT2D eigenvalue weighted by Gasteiger charge is 2.59. The summed E-state index contributed by atoms with van der Waals surface area (Å²) in [6, 6.07) is 8.64. The summed E-state index contributed by atoms with van der Waals surface area (Å²) in [7, 11) is 4.04. The van der Waals surface area contributed by atoms with Crippen molar-refractivity contribution in [1.29, 1.82) is 0 Å². The van der Waals surface area contributed by atoms with Crippen LogP contribution in [0.3, 0.4) is 0 Å². The number of nitrogens with zero attached hydrogens (tertiary/aromatic N) is 4. The van der Waals surface area contributed by atoms with E-state index in [9.17, 15) is 4.79 Å². The van der Waals surface area contributed by atoms with Crippen LogP contribution in [0.1, 0.15) is 30.5 Å². The predicted octanol–water partition coefficient (Wildman–Crippen LogP) is 3.90. The van der Waals surface area contributed by atoms with Crippen molar-refractivity contribution in [2.24, 2.45) is 18.4 Å². The number of aromatic nitrogens is 2. The van der Waals surface area contributed by atoms with Crippen LogP contribution >= 0.6 is 11.3 Å². The maximum atomic E-state index is 12.9. The van der Waals surface area contributed by atoms with Crippen LogP contribution in [0, 0.1) is 11.3 Å². The number of carbonyl (C=O) groups is 1. The lowest BCUT2D eigenvalue weighted by molar-refractivity contribution is -0.133. The fourth-order valence-electron chi connectivity index (χ4n) is 5.10. The number of hydrogen-bond donors (Lipinski definition) is 0. The molecule has 2 aromatic heterocycles. The molecule has 5 nitrogen and oxygen atoms in total. The molecule has 1 atom stereocenters.